The van der Waals surface area contributed by atoms with E-state index in [2.05, 4.69) is 4.98 Å². The van der Waals surface area contributed by atoms with E-state index < -0.39 is 0 Å². The molecule has 3 heteroatoms. The molecule has 0 amide bonds. The van der Waals surface area contributed by atoms with Crippen molar-refractivity contribution in [1.29, 1.82) is 0 Å². The van der Waals surface area contributed by atoms with Gasteiger partial charge in [0.25, 0.3) is 0 Å². The van der Waals surface area contributed by atoms with E-state index in [1.165, 1.54) is 0 Å². The Morgan fingerprint density at radius 1 is 1.05 bits per heavy atom. The smallest absolute Gasteiger partial charge is 0.167 e. The summed E-state index contributed by atoms with van der Waals surface area (Å²) in [6.07, 6.45) is 0.363. The van der Waals surface area contributed by atoms with Crippen LogP contribution in [0.25, 0.3) is 10.9 Å². The Hall–Kier alpha value is -2.68. The fourth-order valence-electron chi connectivity index (χ4n) is 2.56. The number of ketones is 1. The number of aromatic nitrogens is 1. The van der Waals surface area contributed by atoms with Gasteiger partial charge in [0.05, 0.1) is 5.52 Å². The van der Waals surface area contributed by atoms with Crippen molar-refractivity contribution in [3.05, 3.63) is 70.9 Å². The predicted molar refractivity (Wildman–Crippen MR) is 90.1 cm³/mol. The number of pyridine rings is 1. The first-order chi connectivity index (χ1) is 10.5. The predicted octanol–water partition coefficient (Wildman–Crippen LogP) is 3.86. The van der Waals surface area contributed by atoms with Gasteiger partial charge in [-0.15, -0.1) is 0 Å². The summed E-state index contributed by atoms with van der Waals surface area (Å²) in [6.45, 7) is 3.95. The molecule has 22 heavy (non-hydrogen) atoms. The summed E-state index contributed by atoms with van der Waals surface area (Å²) in [7, 11) is 0. The third kappa shape index (κ3) is 2.84. The number of rotatable bonds is 3. The van der Waals surface area contributed by atoms with Gasteiger partial charge in [-0.2, -0.15) is 0 Å². The third-order valence-corrected chi connectivity index (χ3v) is 3.87. The van der Waals surface area contributed by atoms with Gasteiger partial charge in [-0.1, -0.05) is 12.1 Å². The minimum Gasteiger partial charge on any atom is -0.399 e. The van der Waals surface area contributed by atoms with Crippen molar-refractivity contribution >= 4 is 22.4 Å². The van der Waals surface area contributed by atoms with Crippen LogP contribution in [0.4, 0.5) is 5.69 Å². The standard InChI is InChI=1S/C19H18N2O/c1-12-3-7-17(20)10-16(12)11-19(22)15-6-8-18-14(9-15)5-4-13(2)21-18/h3-10H,11,20H2,1-2H3. The van der Waals surface area contributed by atoms with Crippen molar-refractivity contribution in [2.45, 2.75) is 20.3 Å². The zero-order valence-electron chi connectivity index (χ0n) is 12.8. The Balaban J connectivity index is 1.92. The number of carbonyl (C=O) groups is 1. The second-order valence-electron chi connectivity index (χ2n) is 5.65. The van der Waals surface area contributed by atoms with Crippen molar-refractivity contribution in [3.8, 4) is 0 Å². The van der Waals surface area contributed by atoms with Crippen LogP contribution >= 0.6 is 0 Å². The zero-order chi connectivity index (χ0) is 15.7. The lowest BCUT2D eigenvalue weighted by molar-refractivity contribution is 0.0993. The van der Waals surface area contributed by atoms with Gasteiger partial charge in [0, 0.05) is 28.8 Å². The molecule has 110 valence electrons. The van der Waals surface area contributed by atoms with Gasteiger partial charge in [0.15, 0.2) is 5.78 Å². The highest BCUT2D eigenvalue weighted by Gasteiger charge is 2.10. The first-order valence-electron chi connectivity index (χ1n) is 7.28. The number of Topliss-reactive ketones (excluding diaryl/α,β-unsaturated/α-hetero) is 1. The van der Waals surface area contributed by atoms with Crippen molar-refractivity contribution < 1.29 is 4.79 Å². The SMILES string of the molecule is Cc1ccc2cc(C(=O)Cc3cc(N)ccc3C)ccc2n1. The first kappa shape index (κ1) is 14.3. The number of nitrogens with two attached hydrogens (primary N) is 1. The average Bonchev–Trinajstić information content (AvgIpc) is 2.50. The molecule has 0 unspecified atom stereocenters. The lowest BCUT2D eigenvalue weighted by Crippen LogP contribution is -2.05. The maximum absolute atomic E-state index is 12.5. The maximum Gasteiger partial charge on any atom is 0.167 e. The lowest BCUT2D eigenvalue weighted by atomic mass is 9.98. The maximum atomic E-state index is 12.5. The van der Waals surface area contributed by atoms with E-state index in [1.54, 1.807) is 0 Å². The number of hydrogen-bond donors (Lipinski definition) is 1. The molecule has 0 spiro atoms. The Morgan fingerprint density at radius 3 is 2.68 bits per heavy atom. The Labute approximate surface area is 129 Å². The van der Waals surface area contributed by atoms with Crippen LogP contribution in [0.1, 0.15) is 27.2 Å². The second-order valence-corrected chi connectivity index (χ2v) is 5.65. The lowest BCUT2D eigenvalue weighted by Gasteiger charge is -2.07. The topological polar surface area (TPSA) is 56.0 Å². The first-order valence-corrected chi connectivity index (χ1v) is 7.28. The largest absolute Gasteiger partial charge is 0.399 e. The number of carbonyl (C=O) groups excluding carboxylic acids is 1. The van der Waals surface area contributed by atoms with Crippen LogP contribution in [0.5, 0.6) is 0 Å². The fourth-order valence-corrected chi connectivity index (χ4v) is 2.56. The molecule has 0 fully saturated rings. The van der Waals surface area contributed by atoms with Crippen LogP contribution in [0.15, 0.2) is 48.5 Å². The number of fused-ring (bicyclic) bond motifs is 1. The highest BCUT2D eigenvalue weighted by Crippen LogP contribution is 2.19. The molecular weight excluding hydrogens is 272 g/mol. The molecule has 3 nitrogen and oxygen atoms in total. The minimum atomic E-state index is 0.0937. The molecule has 0 aliphatic carbocycles. The van der Waals surface area contributed by atoms with Gasteiger partial charge in [0.1, 0.15) is 0 Å². The van der Waals surface area contributed by atoms with Gasteiger partial charge in [0.2, 0.25) is 0 Å². The molecular formula is C19H18N2O. The monoisotopic (exact) mass is 290 g/mol. The summed E-state index contributed by atoms with van der Waals surface area (Å²) in [5.41, 5.74) is 11.2. The quantitative estimate of drug-likeness (QED) is 0.588. The number of aryl methyl sites for hydroxylation is 2. The van der Waals surface area contributed by atoms with Crippen LogP contribution in [0.3, 0.4) is 0 Å². The van der Waals surface area contributed by atoms with E-state index in [4.69, 9.17) is 5.73 Å². The number of nitrogens with zero attached hydrogens (tertiary/aromatic N) is 1. The molecule has 2 N–H and O–H groups in total. The van der Waals surface area contributed by atoms with E-state index in [0.717, 1.165) is 27.7 Å². The number of benzene rings is 2. The Morgan fingerprint density at radius 2 is 1.86 bits per heavy atom. The molecule has 0 bridgehead atoms. The van der Waals surface area contributed by atoms with Crippen LogP contribution in [0, 0.1) is 13.8 Å². The summed E-state index contributed by atoms with van der Waals surface area (Å²) in [5, 5.41) is 0.987. The van der Waals surface area contributed by atoms with Crippen molar-refractivity contribution in [2.75, 3.05) is 5.73 Å². The number of nitrogen functional groups attached to an aromatic ring is 1. The molecule has 2 aromatic carbocycles. The molecule has 0 radical (unpaired) electrons. The fraction of sp³-hybridized carbons (Fsp3) is 0.158. The average molecular weight is 290 g/mol. The molecule has 1 aromatic heterocycles. The summed E-state index contributed by atoms with van der Waals surface area (Å²) >= 11 is 0. The summed E-state index contributed by atoms with van der Waals surface area (Å²) in [6, 6.07) is 15.3. The van der Waals surface area contributed by atoms with E-state index >= 15 is 0 Å². The minimum absolute atomic E-state index is 0.0937. The van der Waals surface area contributed by atoms with E-state index in [-0.39, 0.29) is 5.78 Å². The molecule has 0 saturated heterocycles. The van der Waals surface area contributed by atoms with Gasteiger partial charge >= 0.3 is 0 Å². The van der Waals surface area contributed by atoms with E-state index in [1.807, 2.05) is 62.4 Å². The molecule has 3 rings (SSSR count). The van der Waals surface area contributed by atoms with Gasteiger partial charge in [-0.3, -0.25) is 9.78 Å². The molecule has 3 aromatic rings. The molecule has 0 atom stereocenters. The van der Waals surface area contributed by atoms with Gasteiger partial charge in [-0.25, -0.2) is 0 Å². The van der Waals surface area contributed by atoms with Crippen molar-refractivity contribution in [2.24, 2.45) is 0 Å². The second kappa shape index (κ2) is 5.60. The Kier molecular flexibility index (Phi) is 3.63. The highest BCUT2D eigenvalue weighted by atomic mass is 16.1. The van der Waals surface area contributed by atoms with Gasteiger partial charge in [-0.05, 0) is 61.4 Å². The van der Waals surface area contributed by atoms with Crippen LogP contribution < -0.4 is 5.73 Å². The van der Waals surface area contributed by atoms with Crippen LogP contribution in [0.2, 0.25) is 0 Å². The summed E-state index contributed by atoms with van der Waals surface area (Å²) in [4.78, 5) is 17.0. The van der Waals surface area contributed by atoms with Crippen molar-refractivity contribution in [3.63, 3.8) is 0 Å². The zero-order valence-corrected chi connectivity index (χ0v) is 12.8. The molecule has 0 aliphatic heterocycles. The molecule has 0 aliphatic rings. The highest BCUT2D eigenvalue weighted by molar-refractivity contribution is 6.00. The summed E-state index contributed by atoms with van der Waals surface area (Å²) in [5.74, 6) is 0.0937. The Bertz CT molecular complexity index is 868. The van der Waals surface area contributed by atoms with Crippen LogP contribution in [-0.4, -0.2) is 10.8 Å². The van der Waals surface area contributed by atoms with Gasteiger partial charge < -0.3 is 5.73 Å². The molecule has 1 heterocycles. The van der Waals surface area contributed by atoms with E-state index in [9.17, 15) is 4.79 Å². The van der Waals surface area contributed by atoms with Crippen molar-refractivity contribution in [1.82, 2.24) is 4.98 Å². The van der Waals surface area contributed by atoms with E-state index in [0.29, 0.717) is 17.7 Å². The molecule has 0 saturated carbocycles. The van der Waals surface area contributed by atoms with Crippen LogP contribution in [-0.2, 0) is 6.42 Å². The normalized spacial score (nSPS) is 10.8. The third-order valence-electron chi connectivity index (χ3n) is 3.87. The number of hydrogen-bond acceptors (Lipinski definition) is 3. The number of anilines is 1. The summed E-state index contributed by atoms with van der Waals surface area (Å²) < 4.78 is 0.